The van der Waals surface area contributed by atoms with E-state index in [0.717, 1.165) is 19.5 Å². The Labute approximate surface area is 85.4 Å². The molecule has 1 spiro atoms. The first kappa shape index (κ1) is 9.97. The summed E-state index contributed by atoms with van der Waals surface area (Å²) < 4.78 is 5.07. The number of nitrogens with zero attached hydrogens (tertiary/aromatic N) is 1. The van der Waals surface area contributed by atoms with Crippen molar-refractivity contribution in [3.05, 3.63) is 0 Å². The Kier molecular flexibility index (Phi) is 2.52. The predicted octanol–water partition coefficient (Wildman–Crippen LogP) is 1.28. The minimum Gasteiger partial charge on any atom is -0.466 e. The molecule has 2 fully saturated rings. The number of likely N-dealkylation sites (tertiary alicyclic amines) is 1. The monoisotopic (exact) mass is 197 g/mol. The maximum Gasteiger partial charge on any atom is 0.309 e. The molecule has 0 N–H and O–H groups in total. The van der Waals surface area contributed by atoms with Crippen LogP contribution in [0.25, 0.3) is 0 Å². The van der Waals surface area contributed by atoms with Gasteiger partial charge in [-0.25, -0.2) is 0 Å². The molecule has 1 saturated heterocycles. The molecule has 1 aliphatic carbocycles. The highest BCUT2D eigenvalue weighted by atomic mass is 16.5. The second kappa shape index (κ2) is 3.54. The topological polar surface area (TPSA) is 29.5 Å². The average Bonchev–Trinajstić information content (AvgIpc) is 2.87. The van der Waals surface area contributed by atoms with Crippen LogP contribution in [-0.4, -0.2) is 37.6 Å². The van der Waals surface area contributed by atoms with Crippen LogP contribution in [0.15, 0.2) is 0 Å². The first-order valence-electron chi connectivity index (χ1n) is 5.53. The van der Waals surface area contributed by atoms with Crippen LogP contribution in [0.2, 0.25) is 0 Å². The van der Waals surface area contributed by atoms with E-state index in [9.17, 15) is 4.79 Å². The summed E-state index contributed by atoms with van der Waals surface area (Å²) in [7, 11) is 2.15. The molecule has 0 aromatic rings. The number of rotatable bonds is 2. The van der Waals surface area contributed by atoms with Gasteiger partial charge in [0.1, 0.15) is 0 Å². The first-order chi connectivity index (χ1) is 6.68. The van der Waals surface area contributed by atoms with Gasteiger partial charge in [0.05, 0.1) is 12.5 Å². The zero-order valence-electron chi connectivity index (χ0n) is 9.08. The van der Waals surface area contributed by atoms with Crippen molar-refractivity contribution in [3.8, 4) is 0 Å². The van der Waals surface area contributed by atoms with Gasteiger partial charge in [0.2, 0.25) is 0 Å². The summed E-state index contributed by atoms with van der Waals surface area (Å²) in [4.78, 5) is 13.9. The summed E-state index contributed by atoms with van der Waals surface area (Å²) in [6.45, 7) is 4.67. The van der Waals surface area contributed by atoms with Crippen LogP contribution in [-0.2, 0) is 9.53 Å². The number of carbonyl (C=O) groups is 1. The lowest BCUT2D eigenvalue weighted by molar-refractivity contribution is -0.145. The predicted molar refractivity (Wildman–Crippen MR) is 53.9 cm³/mol. The van der Waals surface area contributed by atoms with E-state index in [1.54, 1.807) is 0 Å². The van der Waals surface area contributed by atoms with Crippen LogP contribution in [0.4, 0.5) is 0 Å². The van der Waals surface area contributed by atoms with Crippen LogP contribution < -0.4 is 0 Å². The third kappa shape index (κ3) is 1.65. The van der Waals surface area contributed by atoms with Crippen LogP contribution in [0.5, 0.6) is 0 Å². The van der Waals surface area contributed by atoms with Crippen molar-refractivity contribution in [1.82, 2.24) is 4.90 Å². The molecule has 0 aromatic heterocycles. The van der Waals surface area contributed by atoms with Gasteiger partial charge in [0, 0.05) is 0 Å². The van der Waals surface area contributed by atoms with Crippen LogP contribution in [0.1, 0.15) is 26.2 Å². The Hall–Kier alpha value is -0.570. The second-order valence-corrected chi connectivity index (χ2v) is 4.67. The minimum atomic E-state index is 0.0389. The van der Waals surface area contributed by atoms with E-state index < -0.39 is 0 Å². The third-order valence-electron chi connectivity index (χ3n) is 3.74. The third-order valence-corrected chi connectivity index (χ3v) is 3.74. The second-order valence-electron chi connectivity index (χ2n) is 4.67. The maximum absolute atomic E-state index is 11.5. The van der Waals surface area contributed by atoms with Crippen molar-refractivity contribution in [3.63, 3.8) is 0 Å². The van der Waals surface area contributed by atoms with Gasteiger partial charge < -0.3 is 9.64 Å². The zero-order valence-corrected chi connectivity index (χ0v) is 9.08. The molecule has 1 saturated carbocycles. The SMILES string of the molecule is CCOC(=O)C1CC12CCN(C)CC2. The average molecular weight is 197 g/mol. The highest BCUT2D eigenvalue weighted by Gasteiger charge is 2.59. The van der Waals surface area contributed by atoms with Crippen molar-refractivity contribution < 1.29 is 9.53 Å². The Bertz CT molecular complexity index is 231. The van der Waals surface area contributed by atoms with E-state index in [4.69, 9.17) is 4.74 Å². The Morgan fingerprint density at radius 2 is 2.14 bits per heavy atom. The molecule has 0 amide bonds. The number of esters is 1. The summed E-state index contributed by atoms with van der Waals surface area (Å²) in [6, 6.07) is 0. The molecule has 2 aliphatic rings. The van der Waals surface area contributed by atoms with Crippen molar-refractivity contribution >= 4 is 5.97 Å². The molecule has 80 valence electrons. The van der Waals surface area contributed by atoms with E-state index >= 15 is 0 Å². The quantitative estimate of drug-likeness (QED) is 0.625. The Morgan fingerprint density at radius 1 is 1.50 bits per heavy atom. The molecule has 1 unspecified atom stereocenters. The molecular weight excluding hydrogens is 178 g/mol. The van der Waals surface area contributed by atoms with Crippen LogP contribution in [0.3, 0.4) is 0 Å². The van der Waals surface area contributed by atoms with Gasteiger partial charge in [-0.15, -0.1) is 0 Å². The largest absolute Gasteiger partial charge is 0.466 e. The minimum absolute atomic E-state index is 0.0389. The molecule has 3 nitrogen and oxygen atoms in total. The molecule has 1 aliphatic heterocycles. The molecule has 1 atom stereocenters. The lowest BCUT2D eigenvalue weighted by Crippen LogP contribution is -2.32. The summed E-state index contributed by atoms with van der Waals surface area (Å²) in [5.74, 6) is 0.258. The van der Waals surface area contributed by atoms with Crippen LogP contribution in [0, 0.1) is 11.3 Å². The Morgan fingerprint density at radius 3 is 2.71 bits per heavy atom. The zero-order chi connectivity index (χ0) is 10.2. The van der Waals surface area contributed by atoms with Crippen molar-refractivity contribution in [2.24, 2.45) is 11.3 Å². The highest BCUT2D eigenvalue weighted by molar-refractivity contribution is 5.77. The molecule has 3 heteroatoms. The summed E-state index contributed by atoms with van der Waals surface area (Å²) in [5, 5.41) is 0. The molecule has 0 aromatic carbocycles. The molecule has 2 rings (SSSR count). The number of carbonyl (C=O) groups excluding carboxylic acids is 1. The van der Waals surface area contributed by atoms with Gasteiger partial charge in [-0.1, -0.05) is 0 Å². The summed E-state index contributed by atoms with van der Waals surface area (Å²) >= 11 is 0. The van der Waals surface area contributed by atoms with Gasteiger partial charge in [-0.05, 0) is 51.7 Å². The van der Waals surface area contributed by atoms with Crippen molar-refractivity contribution in [2.75, 3.05) is 26.7 Å². The lowest BCUT2D eigenvalue weighted by Gasteiger charge is -2.29. The smallest absolute Gasteiger partial charge is 0.309 e. The fourth-order valence-electron chi connectivity index (χ4n) is 2.54. The number of hydrogen-bond donors (Lipinski definition) is 0. The van der Waals surface area contributed by atoms with Gasteiger partial charge in [-0.2, -0.15) is 0 Å². The van der Waals surface area contributed by atoms with Gasteiger partial charge in [0.15, 0.2) is 0 Å². The molecule has 1 heterocycles. The maximum atomic E-state index is 11.5. The summed E-state index contributed by atoms with van der Waals surface area (Å²) in [6.07, 6.45) is 3.42. The van der Waals surface area contributed by atoms with Crippen molar-refractivity contribution in [1.29, 1.82) is 0 Å². The molecule has 0 bridgehead atoms. The molecule has 0 radical (unpaired) electrons. The fourth-order valence-corrected chi connectivity index (χ4v) is 2.54. The van der Waals surface area contributed by atoms with Gasteiger partial charge in [0.25, 0.3) is 0 Å². The lowest BCUT2D eigenvalue weighted by atomic mass is 9.91. The van der Waals surface area contributed by atoms with E-state index in [1.807, 2.05) is 6.92 Å². The van der Waals surface area contributed by atoms with E-state index in [2.05, 4.69) is 11.9 Å². The number of ether oxygens (including phenoxy) is 1. The van der Waals surface area contributed by atoms with E-state index in [-0.39, 0.29) is 11.9 Å². The number of piperidine rings is 1. The normalized spacial score (nSPS) is 30.3. The Balaban J connectivity index is 1.87. The first-order valence-corrected chi connectivity index (χ1v) is 5.53. The molecule has 14 heavy (non-hydrogen) atoms. The highest BCUT2D eigenvalue weighted by Crippen LogP contribution is 2.59. The fraction of sp³-hybridized carbons (Fsp3) is 0.909. The van der Waals surface area contributed by atoms with E-state index in [1.165, 1.54) is 12.8 Å². The van der Waals surface area contributed by atoms with Gasteiger partial charge >= 0.3 is 5.97 Å². The summed E-state index contributed by atoms with van der Waals surface area (Å²) in [5.41, 5.74) is 0.332. The standard InChI is InChI=1S/C11H19NO2/c1-3-14-10(13)9-8-11(9)4-6-12(2)7-5-11/h9H,3-8H2,1-2H3. The molecular formula is C11H19NO2. The van der Waals surface area contributed by atoms with Crippen LogP contribution >= 0.6 is 0 Å². The van der Waals surface area contributed by atoms with Gasteiger partial charge in [-0.3, -0.25) is 4.79 Å². The number of hydrogen-bond acceptors (Lipinski definition) is 3. The van der Waals surface area contributed by atoms with Crippen molar-refractivity contribution in [2.45, 2.75) is 26.2 Å². The van der Waals surface area contributed by atoms with E-state index in [0.29, 0.717) is 12.0 Å².